The summed E-state index contributed by atoms with van der Waals surface area (Å²) in [6, 6.07) is 3.66. The number of imide groups is 1. The van der Waals surface area contributed by atoms with Crippen molar-refractivity contribution in [2.75, 3.05) is 26.7 Å². The molecule has 0 saturated carbocycles. The topological polar surface area (TPSA) is 73.8 Å². The van der Waals surface area contributed by atoms with Crippen LogP contribution in [0.3, 0.4) is 0 Å². The average Bonchev–Trinajstić information content (AvgIpc) is 2.77. The fourth-order valence-corrected chi connectivity index (χ4v) is 4.42. The number of aryl methyl sites for hydroxylation is 2. The molecule has 2 aliphatic heterocycles. The van der Waals surface area contributed by atoms with Crippen molar-refractivity contribution in [3.8, 4) is 0 Å². The van der Waals surface area contributed by atoms with Gasteiger partial charge < -0.3 is 9.80 Å². The van der Waals surface area contributed by atoms with E-state index in [1.165, 1.54) is 4.90 Å². The van der Waals surface area contributed by atoms with Gasteiger partial charge in [-0.05, 0) is 50.3 Å². The molecule has 0 bridgehead atoms. The largest absolute Gasteiger partial charge is 0.342 e. The van der Waals surface area contributed by atoms with Gasteiger partial charge in [0.25, 0.3) is 5.91 Å². The molecule has 0 radical (unpaired) electrons. The molecule has 3 rings (SSSR count). The van der Waals surface area contributed by atoms with E-state index in [4.69, 9.17) is 0 Å². The highest BCUT2D eigenvalue weighted by molar-refractivity contribution is 6.07. The molecule has 0 N–H and O–H groups in total. The Hall–Kier alpha value is -2.44. The molecule has 1 aromatic heterocycles. The maximum atomic E-state index is 12.9. The van der Waals surface area contributed by atoms with Crippen LogP contribution in [0.5, 0.6) is 0 Å². The summed E-state index contributed by atoms with van der Waals surface area (Å²) >= 11 is 0. The Balaban J connectivity index is 1.71. The minimum Gasteiger partial charge on any atom is -0.342 e. The Labute approximate surface area is 166 Å². The maximum Gasteiger partial charge on any atom is 0.327 e. The van der Waals surface area contributed by atoms with Crippen molar-refractivity contribution < 1.29 is 14.4 Å². The second-order valence-electron chi connectivity index (χ2n) is 8.50. The van der Waals surface area contributed by atoms with Gasteiger partial charge in [0, 0.05) is 38.1 Å². The van der Waals surface area contributed by atoms with E-state index in [1.54, 1.807) is 11.9 Å². The second-order valence-corrected chi connectivity index (χ2v) is 8.50. The van der Waals surface area contributed by atoms with Crippen LogP contribution < -0.4 is 0 Å². The fraction of sp³-hybridized carbons (Fsp3) is 0.619. The summed E-state index contributed by atoms with van der Waals surface area (Å²) in [5, 5.41) is 0. The number of hydrogen-bond donors (Lipinski definition) is 0. The summed E-state index contributed by atoms with van der Waals surface area (Å²) in [6.07, 6.45) is 1.32. The van der Waals surface area contributed by atoms with E-state index in [1.807, 2.05) is 44.7 Å². The predicted molar refractivity (Wildman–Crippen MR) is 106 cm³/mol. The van der Waals surface area contributed by atoms with Crippen LogP contribution in [0.4, 0.5) is 4.79 Å². The van der Waals surface area contributed by atoms with E-state index in [0.717, 1.165) is 17.0 Å². The van der Waals surface area contributed by atoms with Crippen LogP contribution >= 0.6 is 0 Å². The van der Waals surface area contributed by atoms with E-state index < -0.39 is 5.54 Å². The van der Waals surface area contributed by atoms with Crippen LogP contribution in [-0.4, -0.2) is 69.8 Å². The number of urea groups is 1. The summed E-state index contributed by atoms with van der Waals surface area (Å²) in [6.45, 7) is 9.47. The lowest BCUT2D eigenvalue weighted by Crippen LogP contribution is -2.58. The number of aromatic nitrogens is 1. The third-order valence-corrected chi connectivity index (χ3v) is 5.72. The number of likely N-dealkylation sites (N-methyl/N-ethyl adjacent to an activating group) is 1. The molecule has 0 aromatic carbocycles. The zero-order chi connectivity index (χ0) is 20.6. The van der Waals surface area contributed by atoms with Gasteiger partial charge in [0.1, 0.15) is 5.54 Å². The van der Waals surface area contributed by atoms with Crippen LogP contribution in [0, 0.1) is 19.8 Å². The molecule has 3 heterocycles. The monoisotopic (exact) mass is 386 g/mol. The third-order valence-electron chi connectivity index (χ3n) is 5.72. The van der Waals surface area contributed by atoms with Crippen molar-refractivity contribution in [2.45, 2.75) is 52.5 Å². The Kier molecular flexibility index (Phi) is 5.46. The van der Waals surface area contributed by atoms with Gasteiger partial charge >= 0.3 is 6.03 Å². The molecule has 1 aromatic rings. The van der Waals surface area contributed by atoms with Crippen molar-refractivity contribution in [3.05, 3.63) is 29.1 Å². The normalized spacial score (nSPS) is 19.3. The average molecular weight is 386 g/mol. The number of carbonyl (C=O) groups is 3. The molecule has 152 valence electrons. The van der Waals surface area contributed by atoms with Crippen molar-refractivity contribution >= 4 is 17.8 Å². The first kappa shape index (κ1) is 20.3. The number of amides is 4. The molecule has 28 heavy (non-hydrogen) atoms. The molecule has 0 unspecified atom stereocenters. The van der Waals surface area contributed by atoms with Gasteiger partial charge in [0.2, 0.25) is 5.91 Å². The number of nitrogens with zero attached hydrogens (tertiary/aromatic N) is 4. The molecule has 0 aliphatic carbocycles. The molecule has 2 aliphatic rings. The quantitative estimate of drug-likeness (QED) is 0.743. The van der Waals surface area contributed by atoms with E-state index in [0.29, 0.717) is 38.9 Å². The summed E-state index contributed by atoms with van der Waals surface area (Å²) in [4.78, 5) is 47.4. The lowest BCUT2D eigenvalue weighted by atomic mass is 9.85. The third kappa shape index (κ3) is 3.62. The maximum absolute atomic E-state index is 12.9. The van der Waals surface area contributed by atoms with E-state index in [9.17, 15) is 14.4 Å². The van der Waals surface area contributed by atoms with Gasteiger partial charge in [-0.1, -0.05) is 13.8 Å². The van der Waals surface area contributed by atoms with Gasteiger partial charge in [-0.25, -0.2) is 4.79 Å². The Bertz CT molecular complexity index is 777. The van der Waals surface area contributed by atoms with Crippen LogP contribution in [0.15, 0.2) is 12.1 Å². The Morgan fingerprint density at radius 3 is 2.25 bits per heavy atom. The van der Waals surface area contributed by atoms with Gasteiger partial charge in [-0.2, -0.15) is 0 Å². The first-order chi connectivity index (χ1) is 13.1. The molecule has 2 saturated heterocycles. The molecule has 4 amide bonds. The summed E-state index contributed by atoms with van der Waals surface area (Å²) in [5.41, 5.74) is 1.98. The van der Waals surface area contributed by atoms with E-state index in [2.05, 4.69) is 4.98 Å². The number of pyridine rings is 1. The number of hydrogen-bond acceptors (Lipinski definition) is 4. The molecular formula is C21H30N4O3. The van der Waals surface area contributed by atoms with Gasteiger partial charge in [-0.3, -0.25) is 19.5 Å². The number of likely N-dealkylation sites (tertiary alicyclic amines) is 1. The van der Waals surface area contributed by atoms with E-state index in [-0.39, 0.29) is 23.8 Å². The summed E-state index contributed by atoms with van der Waals surface area (Å²) < 4.78 is 0. The SMILES string of the molecule is Cc1cc(CC(=O)N2CCC3(CC2)C(=O)N(C)C(=O)N3CC(C)C)cc(C)n1. The van der Waals surface area contributed by atoms with Crippen molar-refractivity contribution in [3.63, 3.8) is 0 Å². The van der Waals surface area contributed by atoms with E-state index >= 15 is 0 Å². The lowest BCUT2D eigenvalue weighted by Gasteiger charge is -2.42. The van der Waals surface area contributed by atoms with Gasteiger partial charge in [-0.15, -0.1) is 0 Å². The molecule has 1 spiro atoms. The first-order valence-electron chi connectivity index (χ1n) is 9.96. The predicted octanol–water partition coefficient (Wildman–Crippen LogP) is 2.15. The number of carbonyl (C=O) groups excluding carboxylic acids is 3. The summed E-state index contributed by atoms with van der Waals surface area (Å²) in [7, 11) is 1.55. The fourth-order valence-electron chi connectivity index (χ4n) is 4.42. The highest BCUT2D eigenvalue weighted by Gasteiger charge is 2.57. The van der Waals surface area contributed by atoms with Crippen LogP contribution in [-0.2, 0) is 16.0 Å². The molecule has 0 atom stereocenters. The van der Waals surface area contributed by atoms with Crippen LogP contribution in [0.25, 0.3) is 0 Å². The number of rotatable bonds is 4. The van der Waals surface area contributed by atoms with Crippen molar-refractivity contribution in [2.24, 2.45) is 5.92 Å². The van der Waals surface area contributed by atoms with Crippen LogP contribution in [0.1, 0.15) is 43.6 Å². The highest BCUT2D eigenvalue weighted by Crippen LogP contribution is 2.37. The van der Waals surface area contributed by atoms with Gasteiger partial charge in [0.05, 0.1) is 6.42 Å². The van der Waals surface area contributed by atoms with Gasteiger partial charge in [0.15, 0.2) is 0 Å². The Morgan fingerprint density at radius 2 is 1.71 bits per heavy atom. The molecular weight excluding hydrogens is 356 g/mol. The molecule has 2 fully saturated rings. The van der Waals surface area contributed by atoms with Crippen LogP contribution in [0.2, 0.25) is 0 Å². The highest BCUT2D eigenvalue weighted by atomic mass is 16.2. The molecule has 7 heteroatoms. The number of piperidine rings is 1. The van der Waals surface area contributed by atoms with Crippen molar-refractivity contribution in [1.29, 1.82) is 0 Å². The molecule has 7 nitrogen and oxygen atoms in total. The smallest absolute Gasteiger partial charge is 0.327 e. The zero-order valence-electron chi connectivity index (χ0n) is 17.5. The second kappa shape index (κ2) is 7.53. The first-order valence-corrected chi connectivity index (χ1v) is 9.96. The Morgan fingerprint density at radius 1 is 1.14 bits per heavy atom. The minimum atomic E-state index is -0.795. The lowest BCUT2D eigenvalue weighted by molar-refractivity contribution is -0.140. The minimum absolute atomic E-state index is 0.0559. The summed E-state index contributed by atoms with van der Waals surface area (Å²) in [5.74, 6) is 0.198. The zero-order valence-corrected chi connectivity index (χ0v) is 17.5. The van der Waals surface area contributed by atoms with Crippen molar-refractivity contribution in [1.82, 2.24) is 19.7 Å². The standard InChI is InChI=1S/C21H30N4O3/c1-14(2)13-25-20(28)23(5)19(27)21(25)6-8-24(9-7-21)18(26)12-17-10-15(3)22-16(4)11-17/h10-11,14H,6-9,12-13H2,1-5H3.